The summed E-state index contributed by atoms with van der Waals surface area (Å²) in [6.45, 7) is 0. The number of benzene rings is 2. The number of hydrogen-bond donors (Lipinski definition) is 2. The summed E-state index contributed by atoms with van der Waals surface area (Å²) in [4.78, 5) is 17.9. The van der Waals surface area contributed by atoms with E-state index in [1.165, 1.54) is 25.5 Å². The molecular weight excluding hydrogens is 298 g/mol. The molecule has 0 radical (unpaired) electrons. The minimum atomic E-state index is -0.497. The number of nitro groups is 1. The second kappa shape index (κ2) is 6.14. The Kier molecular flexibility index (Phi) is 3.88. The quantitative estimate of drug-likeness (QED) is 0.428. The van der Waals surface area contributed by atoms with Crippen molar-refractivity contribution in [3.8, 4) is 5.75 Å². The van der Waals surface area contributed by atoms with E-state index in [0.717, 1.165) is 11.0 Å². The first kappa shape index (κ1) is 14.5. The number of rotatable bonds is 5. The van der Waals surface area contributed by atoms with E-state index in [-0.39, 0.29) is 11.4 Å². The molecule has 0 atom stereocenters. The zero-order chi connectivity index (χ0) is 16.2. The van der Waals surface area contributed by atoms with E-state index in [4.69, 9.17) is 4.74 Å². The number of hydrazone groups is 1. The fourth-order valence-electron chi connectivity index (χ4n) is 2.10. The highest BCUT2D eigenvalue weighted by molar-refractivity contribution is 5.82. The van der Waals surface area contributed by atoms with Crippen LogP contribution in [0.1, 0.15) is 5.56 Å². The second-order valence-electron chi connectivity index (χ2n) is 4.66. The number of hydrogen-bond acceptors (Lipinski definition) is 6. The van der Waals surface area contributed by atoms with Crippen molar-refractivity contribution in [2.75, 3.05) is 12.5 Å². The largest absolute Gasteiger partial charge is 0.490 e. The van der Waals surface area contributed by atoms with E-state index < -0.39 is 4.92 Å². The highest BCUT2D eigenvalue weighted by atomic mass is 16.6. The average molecular weight is 311 g/mol. The number of H-pyrrole nitrogens is 1. The topological polar surface area (TPSA) is 105 Å². The lowest BCUT2D eigenvalue weighted by molar-refractivity contribution is -0.385. The highest BCUT2D eigenvalue weighted by Crippen LogP contribution is 2.26. The molecule has 1 heterocycles. The van der Waals surface area contributed by atoms with Crippen molar-refractivity contribution < 1.29 is 9.66 Å². The monoisotopic (exact) mass is 311 g/mol. The fourth-order valence-corrected chi connectivity index (χ4v) is 2.10. The molecule has 3 rings (SSSR count). The third kappa shape index (κ3) is 3.10. The SMILES string of the molecule is COc1ccc(/C=N\Nc2nc3ccccc3[nH]2)cc1[N+](=O)[O-]. The van der Waals surface area contributed by atoms with E-state index in [2.05, 4.69) is 20.5 Å². The maximum Gasteiger partial charge on any atom is 0.311 e. The zero-order valence-corrected chi connectivity index (χ0v) is 12.2. The summed E-state index contributed by atoms with van der Waals surface area (Å²) in [6.07, 6.45) is 1.47. The van der Waals surface area contributed by atoms with Crippen LogP contribution < -0.4 is 10.2 Å². The molecule has 0 unspecified atom stereocenters. The minimum Gasteiger partial charge on any atom is -0.490 e. The van der Waals surface area contributed by atoms with Gasteiger partial charge in [-0.25, -0.2) is 10.4 Å². The predicted octanol–water partition coefficient (Wildman–Crippen LogP) is 2.93. The Labute approximate surface area is 131 Å². The molecule has 3 aromatic rings. The predicted molar refractivity (Wildman–Crippen MR) is 87.0 cm³/mol. The van der Waals surface area contributed by atoms with Crippen LogP contribution in [0.4, 0.5) is 11.6 Å². The first-order valence-electron chi connectivity index (χ1n) is 6.73. The lowest BCUT2D eigenvalue weighted by Crippen LogP contribution is -1.96. The fraction of sp³-hybridized carbons (Fsp3) is 0.0667. The first-order valence-corrected chi connectivity index (χ1v) is 6.73. The number of nitro benzene ring substituents is 1. The molecule has 2 N–H and O–H groups in total. The molecule has 0 fully saturated rings. The Bertz CT molecular complexity index is 855. The van der Waals surface area contributed by atoms with Crippen molar-refractivity contribution in [1.29, 1.82) is 0 Å². The summed E-state index contributed by atoms with van der Waals surface area (Å²) < 4.78 is 4.95. The molecular formula is C15H13N5O3. The summed E-state index contributed by atoms with van der Waals surface area (Å²) in [6, 6.07) is 12.2. The van der Waals surface area contributed by atoms with E-state index in [1.54, 1.807) is 6.07 Å². The van der Waals surface area contributed by atoms with Crippen molar-refractivity contribution >= 4 is 28.9 Å². The van der Waals surface area contributed by atoms with Gasteiger partial charge < -0.3 is 9.72 Å². The Morgan fingerprint density at radius 3 is 2.91 bits per heavy atom. The molecule has 0 bridgehead atoms. The summed E-state index contributed by atoms with van der Waals surface area (Å²) in [5.41, 5.74) is 4.94. The minimum absolute atomic E-state index is 0.111. The van der Waals surface area contributed by atoms with Crippen LogP contribution in [0.15, 0.2) is 47.6 Å². The number of anilines is 1. The molecule has 0 aliphatic carbocycles. The van der Waals surface area contributed by atoms with Crippen LogP contribution in [-0.2, 0) is 0 Å². The van der Waals surface area contributed by atoms with Crippen LogP contribution in [0.5, 0.6) is 5.75 Å². The number of fused-ring (bicyclic) bond motifs is 1. The molecule has 0 aliphatic heterocycles. The summed E-state index contributed by atoms with van der Waals surface area (Å²) >= 11 is 0. The van der Waals surface area contributed by atoms with Crippen molar-refractivity contribution in [2.24, 2.45) is 5.10 Å². The number of para-hydroxylation sites is 2. The third-order valence-electron chi connectivity index (χ3n) is 3.17. The highest BCUT2D eigenvalue weighted by Gasteiger charge is 2.14. The molecule has 0 aliphatic rings. The van der Waals surface area contributed by atoms with Crippen LogP contribution in [0.2, 0.25) is 0 Å². The van der Waals surface area contributed by atoms with Gasteiger partial charge in [-0.05, 0) is 24.3 Å². The number of methoxy groups -OCH3 is 1. The van der Waals surface area contributed by atoms with Crippen molar-refractivity contribution in [2.45, 2.75) is 0 Å². The molecule has 116 valence electrons. The van der Waals surface area contributed by atoms with Crippen LogP contribution in [0.25, 0.3) is 11.0 Å². The van der Waals surface area contributed by atoms with E-state index in [9.17, 15) is 10.1 Å². The molecule has 0 saturated heterocycles. The number of aromatic amines is 1. The number of nitrogens with one attached hydrogen (secondary N) is 2. The van der Waals surface area contributed by atoms with E-state index >= 15 is 0 Å². The van der Waals surface area contributed by atoms with Crippen LogP contribution >= 0.6 is 0 Å². The number of aromatic nitrogens is 2. The van der Waals surface area contributed by atoms with E-state index in [1.807, 2.05) is 24.3 Å². The van der Waals surface area contributed by atoms with Crippen molar-refractivity contribution in [1.82, 2.24) is 9.97 Å². The zero-order valence-electron chi connectivity index (χ0n) is 12.2. The second-order valence-corrected chi connectivity index (χ2v) is 4.66. The van der Waals surface area contributed by atoms with Gasteiger partial charge in [-0.3, -0.25) is 10.1 Å². The maximum absolute atomic E-state index is 11.0. The van der Waals surface area contributed by atoms with Crippen molar-refractivity contribution in [3.63, 3.8) is 0 Å². The van der Waals surface area contributed by atoms with E-state index in [0.29, 0.717) is 11.5 Å². The number of ether oxygens (including phenoxy) is 1. The Morgan fingerprint density at radius 1 is 1.35 bits per heavy atom. The Morgan fingerprint density at radius 2 is 2.17 bits per heavy atom. The normalized spacial score (nSPS) is 11.0. The standard InChI is InChI=1S/C15H13N5O3/c1-23-14-7-6-10(8-13(14)20(21)22)9-16-19-15-17-11-4-2-3-5-12(11)18-15/h2-9H,1H3,(H2,17,18,19)/b16-9-. The van der Waals surface area contributed by atoms with Gasteiger partial charge in [0.05, 0.1) is 29.3 Å². The maximum atomic E-state index is 11.0. The number of nitrogens with zero attached hydrogens (tertiary/aromatic N) is 3. The Balaban J connectivity index is 1.77. The molecule has 1 aromatic heterocycles. The van der Waals surface area contributed by atoms with Crippen LogP contribution in [0, 0.1) is 10.1 Å². The van der Waals surface area contributed by atoms with Gasteiger partial charge in [0.25, 0.3) is 0 Å². The van der Waals surface area contributed by atoms with Crippen LogP contribution in [0.3, 0.4) is 0 Å². The van der Waals surface area contributed by atoms with Gasteiger partial charge >= 0.3 is 5.69 Å². The third-order valence-corrected chi connectivity index (χ3v) is 3.17. The van der Waals surface area contributed by atoms with Gasteiger partial charge in [-0.1, -0.05) is 12.1 Å². The lowest BCUT2D eigenvalue weighted by atomic mass is 10.2. The summed E-state index contributed by atoms with van der Waals surface area (Å²) in [7, 11) is 1.39. The molecule has 23 heavy (non-hydrogen) atoms. The molecule has 0 amide bonds. The summed E-state index contributed by atoms with van der Waals surface area (Å²) in [5, 5.41) is 15.0. The van der Waals surface area contributed by atoms with Gasteiger partial charge in [0, 0.05) is 11.6 Å². The van der Waals surface area contributed by atoms with Gasteiger partial charge in [0.15, 0.2) is 5.75 Å². The summed E-state index contributed by atoms with van der Waals surface area (Å²) in [5.74, 6) is 0.697. The average Bonchev–Trinajstić information content (AvgIpc) is 2.97. The number of imidazole rings is 1. The van der Waals surface area contributed by atoms with Gasteiger partial charge in [-0.15, -0.1) is 0 Å². The molecule has 8 nitrogen and oxygen atoms in total. The molecule has 0 spiro atoms. The molecule has 2 aromatic carbocycles. The molecule has 8 heteroatoms. The first-order chi connectivity index (χ1) is 11.2. The Hall–Kier alpha value is -3.42. The smallest absolute Gasteiger partial charge is 0.311 e. The van der Waals surface area contributed by atoms with Gasteiger partial charge in [-0.2, -0.15) is 5.10 Å². The molecule has 0 saturated carbocycles. The van der Waals surface area contributed by atoms with Crippen LogP contribution in [-0.4, -0.2) is 28.2 Å². The van der Waals surface area contributed by atoms with Gasteiger partial charge in [0.2, 0.25) is 5.95 Å². The van der Waals surface area contributed by atoms with Crippen molar-refractivity contribution in [3.05, 3.63) is 58.1 Å². The van der Waals surface area contributed by atoms with Gasteiger partial charge in [0.1, 0.15) is 0 Å². The lowest BCUT2D eigenvalue weighted by Gasteiger charge is -2.01.